The van der Waals surface area contributed by atoms with E-state index in [9.17, 15) is 4.79 Å². The van der Waals surface area contributed by atoms with Crippen molar-refractivity contribution in [2.24, 2.45) is 0 Å². The van der Waals surface area contributed by atoms with Gasteiger partial charge in [0.2, 0.25) is 11.8 Å². The van der Waals surface area contributed by atoms with Gasteiger partial charge in [-0.25, -0.2) is 14.9 Å². The predicted molar refractivity (Wildman–Crippen MR) is 120 cm³/mol. The molecule has 0 aliphatic heterocycles. The largest absolute Gasteiger partial charge is 0.493 e. The molecule has 2 aromatic heterocycles. The van der Waals surface area contributed by atoms with E-state index in [4.69, 9.17) is 14.0 Å². The number of hydrogen-bond donors (Lipinski definition) is 0. The SMILES string of the molecule is COc1cccc(N(C(C)=O)c2onc(-c3cccc(C)c3)c2-c2ccncn2)c1OC. The van der Waals surface area contributed by atoms with Crippen molar-refractivity contribution in [3.63, 3.8) is 0 Å². The second-order valence-electron chi connectivity index (χ2n) is 7.04. The Morgan fingerprint density at radius 3 is 2.53 bits per heavy atom. The molecule has 8 nitrogen and oxygen atoms in total. The Morgan fingerprint density at radius 2 is 1.88 bits per heavy atom. The topological polar surface area (TPSA) is 90.6 Å². The Morgan fingerprint density at radius 1 is 1.06 bits per heavy atom. The highest BCUT2D eigenvalue weighted by Crippen LogP contribution is 2.45. The Kier molecular flexibility index (Phi) is 5.85. The molecule has 32 heavy (non-hydrogen) atoms. The first-order chi connectivity index (χ1) is 15.5. The Hall–Kier alpha value is -4.20. The molecule has 0 aliphatic carbocycles. The molecule has 0 atom stereocenters. The number of anilines is 2. The summed E-state index contributed by atoms with van der Waals surface area (Å²) in [4.78, 5) is 22.7. The zero-order valence-corrected chi connectivity index (χ0v) is 18.2. The molecule has 0 saturated carbocycles. The molecule has 0 spiro atoms. The molecule has 4 aromatic rings. The highest BCUT2D eigenvalue weighted by atomic mass is 16.5. The summed E-state index contributed by atoms with van der Waals surface area (Å²) < 4.78 is 16.8. The molecular formula is C24H22N4O4. The quantitative estimate of drug-likeness (QED) is 0.434. The van der Waals surface area contributed by atoms with Crippen molar-refractivity contribution in [1.29, 1.82) is 0 Å². The van der Waals surface area contributed by atoms with Crippen molar-refractivity contribution in [3.8, 4) is 34.0 Å². The van der Waals surface area contributed by atoms with Crippen molar-refractivity contribution in [2.45, 2.75) is 13.8 Å². The van der Waals surface area contributed by atoms with Crippen LogP contribution >= 0.6 is 0 Å². The first kappa shape index (κ1) is 21.0. The number of ether oxygens (including phenoxy) is 2. The lowest BCUT2D eigenvalue weighted by molar-refractivity contribution is -0.116. The van der Waals surface area contributed by atoms with Crippen LogP contribution in [0.5, 0.6) is 11.5 Å². The molecule has 4 rings (SSSR count). The molecule has 0 fully saturated rings. The lowest BCUT2D eigenvalue weighted by atomic mass is 10.0. The van der Waals surface area contributed by atoms with Gasteiger partial charge in [0, 0.05) is 18.7 Å². The second-order valence-corrected chi connectivity index (χ2v) is 7.04. The van der Waals surface area contributed by atoms with E-state index in [0.717, 1.165) is 11.1 Å². The number of aryl methyl sites for hydroxylation is 1. The van der Waals surface area contributed by atoms with E-state index in [0.29, 0.717) is 34.1 Å². The van der Waals surface area contributed by atoms with Crippen LogP contribution in [0.4, 0.5) is 11.6 Å². The molecule has 0 saturated heterocycles. The summed E-state index contributed by atoms with van der Waals surface area (Å²) in [6.45, 7) is 3.44. The molecule has 2 aromatic carbocycles. The van der Waals surface area contributed by atoms with Crippen LogP contribution in [-0.2, 0) is 4.79 Å². The fourth-order valence-corrected chi connectivity index (χ4v) is 3.56. The van der Waals surface area contributed by atoms with Crippen molar-refractivity contribution in [2.75, 3.05) is 19.1 Å². The van der Waals surface area contributed by atoms with E-state index < -0.39 is 0 Å². The van der Waals surface area contributed by atoms with E-state index in [-0.39, 0.29) is 11.8 Å². The number of aromatic nitrogens is 3. The van der Waals surface area contributed by atoms with Gasteiger partial charge in [-0.3, -0.25) is 4.79 Å². The van der Waals surface area contributed by atoms with Crippen LogP contribution in [0.3, 0.4) is 0 Å². The number of hydrogen-bond acceptors (Lipinski definition) is 7. The summed E-state index contributed by atoms with van der Waals surface area (Å²) >= 11 is 0. The number of amides is 1. The van der Waals surface area contributed by atoms with Crippen molar-refractivity contribution >= 4 is 17.5 Å². The Bertz CT molecular complexity index is 1250. The zero-order valence-electron chi connectivity index (χ0n) is 18.2. The Balaban J connectivity index is 2.00. The standard InChI is InChI=1S/C24H22N4O4/c1-15-7-5-8-17(13-15)22-21(18-11-12-25-14-26-18)24(32-27-22)28(16(2)29)19-9-6-10-20(30-3)23(19)31-4/h5-14H,1-4H3. The number of rotatable bonds is 6. The third-order valence-corrected chi connectivity index (χ3v) is 4.94. The van der Waals surface area contributed by atoms with Crippen molar-refractivity contribution < 1.29 is 18.8 Å². The maximum atomic E-state index is 12.9. The first-order valence-corrected chi connectivity index (χ1v) is 9.90. The molecule has 0 N–H and O–H groups in total. The van der Waals surface area contributed by atoms with E-state index in [1.165, 1.54) is 32.4 Å². The molecular weight excluding hydrogens is 408 g/mol. The lowest BCUT2D eigenvalue weighted by Crippen LogP contribution is -2.23. The fourth-order valence-electron chi connectivity index (χ4n) is 3.56. The zero-order chi connectivity index (χ0) is 22.7. The van der Waals surface area contributed by atoms with Gasteiger partial charge in [-0.15, -0.1) is 0 Å². The van der Waals surface area contributed by atoms with Crippen LogP contribution in [-0.4, -0.2) is 35.3 Å². The van der Waals surface area contributed by atoms with Gasteiger partial charge in [-0.2, -0.15) is 0 Å². The van der Waals surface area contributed by atoms with E-state index in [2.05, 4.69) is 15.1 Å². The monoisotopic (exact) mass is 430 g/mol. The van der Waals surface area contributed by atoms with Crippen LogP contribution < -0.4 is 14.4 Å². The molecule has 0 radical (unpaired) electrons. The number of methoxy groups -OCH3 is 2. The van der Waals surface area contributed by atoms with Gasteiger partial charge in [-0.05, 0) is 31.2 Å². The highest BCUT2D eigenvalue weighted by molar-refractivity contribution is 6.04. The van der Waals surface area contributed by atoms with Crippen LogP contribution in [0.15, 0.2) is 65.6 Å². The fraction of sp³-hybridized carbons (Fsp3) is 0.167. The van der Waals surface area contributed by atoms with Crippen LogP contribution in [0.2, 0.25) is 0 Å². The third kappa shape index (κ3) is 3.78. The number of benzene rings is 2. The molecule has 2 heterocycles. The summed E-state index contributed by atoms with van der Waals surface area (Å²) in [7, 11) is 3.06. The van der Waals surface area contributed by atoms with Gasteiger partial charge in [0.15, 0.2) is 11.5 Å². The minimum atomic E-state index is -0.293. The Labute approximate surface area is 185 Å². The molecule has 162 valence electrons. The first-order valence-electron chi connectivity index (χ1n) is 9.90. The van der Waals surface area contributed by atoms with Crippen molar-refractivity contribution in [3.05, 3.63) is 66.6 Å². The average molecular weight is 430 g/mol. The van der Waals surface area contributed by atoms with Gasteiger partial charge < -0.3 is 14.0 Å². The predicted octanol–water partition coefficient (Wildman–Crippen LogP) is 4.81. The second kappa shape index (κ2) is 8.89. The van der Waals surface area contributed by atoms with Crippen LogP contribution in [0, 0.1) is 6.92 Å². The number of para-hydroxylation sites is 1. The van der Waals surface area contributed by atoms with E-state index in [1.807, 2.05) is 31.2 Å². The van der Waals surface area contributed by atoms with Gasteiger partial charge >= 0.3 is 0 Å². The molecule has 0 aliphatic rings. The summed E-state index contributed by atoms with van der Waals surface area (Å²) in [5, 5.41) is 4.33. The summed E-state index contributed by atoms with van der Waals surface area (Å²) in [6, 6.07) is 14.9. The number of carbonyl (C=O) groups is 1. The van der Waals surface area contributed by atoms with Gasteiger partial charge in [0.1, 0.15) is 12.0 Å². The number of nitrogens with zero attached hydrogens (tertiary/aromatic N) is 4. The maximum absolute atomic E-state index is 12.9. The van der Waals surface area contributed by atoms with Crippen LogP contribution in [0.1, 0.15) is 12.5 Å². The highest BCUT2D eigenvalue weighted by Gasteiger charge is 2.30. The smallest absolute Gasteiger partial charge is 0.248 e. The molecule has 0 unspecified atom stereocenters. The summed E-state index contributed by atoms with van der Waals surface area (Å²) in [5.41, 5.74) is 4.07. The van der Waals surface area contributed by atoms with Crippen LogP contribution in [0.25, 0.3) is 22.5 Å². The normalized spacial score (nSPS) is 10.6. The maximum Gasteiger partial charge on any atom is 0.248 e. The summed E-state index contributed by atoms with van der Waals surface area (Å²) in [5.74, 6) is 0.809. The number of carbonyl (C=O) groups excluding carboxylic acids is 1. The summed E-state index contributed by atoms with van der Waals surface area (Å²) in [6.07, 6.45) is 3.07. The molecule has 1 amide bonds. The lowest BCUT2D eigenvalue weighted by Gasteiger charge is -2.22. The van der Waals surface area contributed by atoms with E-state index >= 15 is 0 Å². The van der Waals surface area contributed by atoms with Gasteiger partial charge in [-0.1, -0.05) is 35.0 Å². The van der Waals surface area contributed by atoms with E-state index in [1.54, 1.807) is 30.5 Å². The minimum absolute atomic E-state index is 0.222. The van der Waals surface area contributed by atoms with Gasteiger partial charge in [0.05, 0.1) is 31.2 Å². The minimum Gasteiger partial charge on any atom is -0.493 e. The molecule has 8 heteroatoms. The van der Waals surface area contributed by atoms with Crippen molar-refractivity contribution in [1.82, 2.24) is 15.1 Å². The molecule has 0 bridgehead atoms. The third-order valence-electron chi connectivity index (χ3n) is 4.94. The van der Waals surface area contributed by atoms with Gasteiger partial charge in [0.25, 0.3) is 0 Å². The average Bonchev–Trinajstić information content (AvgIpc) is 3.24.